The Balaban J connectivity index is 1.34. The molecule has 2 N–H and O–H groups in total. The van der Waals surface area contributed by atoms with Crippen LogP contribution in [0.3, 0.4) is 0 Å². The van der Waals surface area contributed by atoms with Crippen LogP contribution in [0.15, 0.2) is 60.7 Å². The number of rotatable bonds is 8. The van der Waals surface area contributed by atoms with Crippen molar-refractivity contribution in [3.05, 3.63) is 71.8 Å². The highest BCUT2D eigenvalue weighted by Gasteiger charge is 2.25. The van der Waals surface area contributed by atoms with Gasteiger partial charge in [0.05, 0.1) is 12.1 Å². The third-order valence-electron chi connectivity index (χ3n) is 6.44. The van der Waals surface area contributed by atoms with Crippen LogP contribution in [0, 0.1) is 0 Å². The van der Waals surface area contributed by atoms with E-state index in [-0.39, 0.29) is 18.1 Å². The number of hydrogen-bond donors (Lipinski definition) is 2. The van der Waals surface area contributed by atoms with Crippen LogP contribution < -0.4 is 10.6 Å². The Morgan fingerprint density at radius 1 is 0.667 bits per heavy atom. The van der Waals surface area contributed by atoms with Crippen LogP contribution in [0.25, 0.3) is 0 Å². The number of urea groups is 1. The van der Waals surface area contributed by atoms with Gasteiger partial charge in [-0.1, -0.05) is 60.7 Å². The number of hydrogen-bond acceptors (Lipinski definition) is 3. The number of nitrogens with zero attached hydrogens (tertiary/aromatic N) is 2. The fourth-order valence-electron chi connectivity index (χ4n) is 4.81. The average molecular weight is 407 g/mol. The summed E-state index contributed by atoms with van der Waals surface area (Å²) in [4.78, 5) is 17.7. The molecule has 0 aliphatic carbocycles. The maximum Gasteiger partial charge on any atom is 0.314 e. The molecule has 2 saturated heterocycles. The molecule has 2 aliphatic rings. The van der Waals surface area contributed by atoms with E-state index in [4.69, 9.17) is 0 Å². The van der Waals surface area contributed by atoms with Crippen LogP contribution in [0.5, 0.6) is 0 Å². The second-order valence-electron chi connectivity index (χ2n) is 8.43. The van der Waals surface area contributed by atoms with Gasteiger partial charge in [-0.2, -0.15) is 0 Å². The lowest BCUT2D eigenvalue weighted by Gasteiger charge is -2.30. The average Bonchev–Trinajstić information content (AvgIpc) is 3.51. The molecule has 0 radical (unpaired) electrons. The maximum atomic E-state index is 12.7. The monoisotopic (exact) mass is 406 g/mol. The van der Waals surface area contributed by atoms with Gasteiger partial charge in [0, 0.05) is 13.1 Å². The molecular formula is C25H34N4O. The summed E-state index contributed by atoms with van der Waals surface area (Å²) in [7, 11) is 0. The summed E-state index contributed by atoms with van der Waals surface area (Å²) in [5, 5.41) is 6.29. The van der Waals surface area contributed by atoms with Gasteiger partial charge >= 0.3 is 6.03 Å². The molecule has 0 aromatic heterocycles. The summed E-state index contributed by atoms with van der Waals surface area (Å²) in [5.41, 5.74) is 2.55. The Bertz CT molecular complexity index is 705. The fourth-order valence-corrected chi connectivity index (χ4v) is 4.81. The number of nitrogens with one attached hydrogen (secondary N) is 2. The van der Waals surface area contributed by atoms with Gasteiger partial charge in [-0.05, 0) is 63.0 Å². The van der Waals surface area contributed by atoms with E-state index < -0.39 is 0 Å². The minimum Gasteiger partial charge on any atom is -0.336 e. The molecule has 160 valence electrons. The zero-order valence-corrected chi connectivity index (χ0v) is 17.8. The second kappa shape index (κ2) is 10.6. The number of benzene rings is 2. The topological polar surface area (TPSA) is 47.6 Å². The first-order valence-corrected chi connectivity index (χ1v) is 11.4. The largest absolute Gasteiger partial charge is 0.336 e. The minimum atomic E-state index is -0.0738. The molecular weight excluding hydrogens is 372 g/mol. The highest BCUT2D eigenvalue weighted by molar-refractivity contribution is 5.74. The number of likely N-dealkylation sites (tertiary alicyclic amines) is 2. The van der Waals surface area contributed by atoms with Crippen molar-refractivity contribution < 1.29 is 4.79 Å². The quantitative estimate of drug-likeness (QED) is 0.698. The summed E-state index contributed by atoms with van der Waals surface area (Å²) in [6.07, 6.45) is 4.96. The molecule has 2 fully saturated rings. The van der Waals surface area contributed by atoms with Crippen LogP contribution in [-0.4, -0.2) is 55.1 Å². The van der Waals surface area contributed by atoms with E-state index in [1.165, 1.54) is 36.8 Å². The van der Waals surface area contributed by atoms with Gasteiger partial charge in [-0.15, -0.1) is 0 Å². The SMILES string of the molecule is O=C(NC[C@H](c1ccccc1)N1CCCC1)NC[C@H](c1ccccc1)N1CCCC1. The van der Waals surface area contributed by atoms with E-state index >= 15 is 0 Å². The molecule has 0 spiro atoms. The predicted molar refractivity (Wildman–Crippen MR) is 121 cm³/mol. The predicted octanol–water partition coefficient (Wildman–Crippen LogP) is 3.96. The Morgan fingerprint density at radius 2 is 1.03 bits per heavy atom. The molecule has 5 nitrogen and oxygen atoms in total. The maximum absolute atomic E-state index is 12.7. The molecule has 2 amide bonds. The molecule has 0 saturated carbocycles. The molecule has 2 heterocycles. The Labute approximate surface area is 180 Å². The highest BCUT2D eigenvalue weighted by atomic mass is 16.2. The van der Waals surface area contributed by atoms with Crippen molar-refractivity contribution in [1.82, 2.24) is 20.4 Å². The molecule has 2 aromatic carbocycles. The van der Waals surface area contributed by atoms with E-state index in [1.807, 2.05) is 12.1 Å². The van der Waals surface area contributed by atoms with Gasteiger partial charge in [-0.3, -0.25) is 9.80 Å². The third-order valence-corrected chi connectivity index (χ3v) is 6.44. The van der Waals surface area contributed by atoms with Gasteiger partial charge < -0.3 is 10.6 Å². The fraction of sp³-hybridized carbons (Fsp3) is 0.480. The number of carbonyl (C=O) groups is 1. The molecule has 2 aliphatic heterocycles. The minimum absolute atomic E-state index is 0.0738. The summed E-state index contributed by atoms with van der Waals surface area (Å²) in [6, 6.07) is 21.5. The van der Waals surface area contributed by atoms with Crippen molar-refractivity contribution in [3.8, 4) is 0 Å². The molecule has 30 heavy (non-hydrogen) atoms. The molecule has 4 rings (SSSR count). The van der Waals surface area contributed by atoms with Crippen LogP contribution in [0.4, 0.5) is 4.79 Å². The lowest BCUT2D eigenvalue weighted by molar-refractivity contribution is 0.210. The second-order valence-corrected chi connectivity index (χ2v) is 8.43. The van der Waals surface area contributed by atoms with Crippen molar-refractivity contribution in [2.45, 2.75) is 37.8 Å². The molecule has 2 atom stereocenters. The van der Waals surface area contributed by atoms with E-state index in [1.54, 1.807) is 0 Å². The lowest BCUT2D eigenvalue weighted by Crippen LogP contribution is -2.44. The summed E-state index contributed by atoms with van der Waals surface area (Å²) >= 11 is 0. The van der Waals surface area contributed by atoms with E-state index in [0.717, 1.165) is 26.2 Å². The number of carbonyl (C=O) groups excluding carboxylic acids is 1. The Kier molecular flexibility index (Phi) is 7.38. The molecule has 5 heteroatoms. The van der Waals surface area contributed by atoms with Gasteiger partial charge in [-0.25, -0.2) is 4.79 Å². The van der Waals surface area contributed by atoms with Gasteiger partial charge in [0.15, 0.2) is 0 Å². The van der Waals surface area contributed by atoms with Crippen LogP contribution in [0.1, 0.15) is 48.9 Å². The van der Waals surface area contributed by atoms with Crippen LogP contribution >= 0.6 is 0 Å². The molecule has 0 bridgehead atoms. The zero-order valence-electron chi connectivity index (χ0n) is 17.8. The van der Waals surface area contributed by atoms with Crippen molar-refractivity contribution >= 4 is 6.03 Å². The van der Waals surface area contributed by atoms with E-state index in [0.29, 0.717) is 13.1 Å². The lowest BCUT2D eigenvalue weighted by atomic mass is 10.1. The van der Waals surface area contributed by atoms with E-state index in [9.17, 15) is 4.79 Å². The first kappa shape index (κ1) is 20.9. The first-order chi connectivity index (χ1) is 14.8. The number of amides is 2. The highest BCUT2D eigenvalue weighted by Crippen LogP contribution is 2.25. The van der Waals surface area contributed by atoms with Crippen molar-refractivity contribution in [1.29, 1.82) is 0 Å². The Morgan fingerprint density at radius 3 is 1.40 bits per heavy atom. The molecule has 2 aromatic rings. The summed E-state index contributed by atoms with van der Waals surface area (Å²) < 4.78 is 0. The van der Waals surface area contributed by atoms with Crippen molar-refractivity contribution in [2.75, 3.05) is 39.3 Å². The Hall–Kier alpha value is -2.37. The van der Waals surface area contributed by atoms with E-state index in [2.05, 4.69) is 69.0 Å². The zero-order chi connectivity index (χ0) is 20.6. The van der Waals surface area contributed by atoms with Gasteiger partial charge in [0.1, 0.15) is 0 Å². The normalized spacial score (nSPS) is 19.5. The smallest absolute Gasteiger partial charge is 0.314 e. The van der Waals surface area contributed by atoms with Crippen LogP contribution in [0.2, 0.25) is 0 Å². The summed E-state index contributed by atoms with van der Waals surface area (Å²) in [6.45, 7) is 5.69. The van der Waals surface area contributed by atoms with Crippen molar-refractivity contribution in [3.63, 3.8) is 0 Å². The van der Waals surface area contributed by atoms with Gasteiger partial charge in [0.25, 0.3) is 0 Å². The first-order valence-electron chi connectivity index (χ1n) is 11.4. The molecule has 0 unspecified atom stereocenters. The van der Waals surface area contributed by atoms with Crippen molar-refractivity contribution in [2.24, 2.45) is 0 Å². The summed E-state index contributed by atoms with van der Waals surface area (Å²) in [5.74, 6) is 0. The van der Waals surface area contributed by atoms with Crippen LogP contribution in [-0.2, 0) is 0 Å². The third kappa shape index (κ3) is 5.41. The standard InChI is InChI=1S/C25H34N4O/c30-25(26-19-23(28-15-7-8-16-28)21-11-3-1-4-12-21)27-20-24(29-17-9-10-18-29)22-13-5-2-6-14-22/h1-6,11-14,23-24H,7-10,15-20H2,(H2,26,27,30)/t23-,24-/m1/s1. The van der Waals surface area contributed by atoms with Gasteiger partial charge in [0.2, 0.25) is 0 Å².